The van der Waals surface area contributed by atoms with E-state index in [9.17, 15) is 4.79 Å². The first-order valence-corrected chi connectivity index (χ1v) is 10.2. The van der Waals surface area contributed by atoms with Crippen LogP contribution in [0.25, 0.3) is 0 Å². The minimum absolute atomic E-state index is 0.0114. The predicted molar refractivity (Wildman–Crippen MR) is 110 cm³/mol. The number of amides is 2. The summed E-state index contributed by atoms with van der Waals surface area (Å²) in [5.41, 5.74) is 3.77. The lowest BCUT2D eigenvalue weighted by molar-refractivity contribution is 0.147. The van der Waals surface area contributed by atoms with Gasteiger partial charge >= 0.3 is 6.03 Å². The number of hydrogen-bond acceptors (Lipinski definition) is 2. The average molecular weight is 384 g/mol. The molecule has 4 nitrogen and oxygen atoms in total. The maximum Gasteiger partial charge on any atom is 0.321 e. The van der Waals surface area contributed by atoms with Crippen molar-refractivity contribution < 1.29 is 4.79 Å². The van der Waals surface area contributed by atoms with Gasteiger partial charge in [-0.15, -0.1) is 0 Å². The number of carbonyl (C=O) groups excluding carboxylic acids is 1. The Balaban J connectivity index is 1.24. The number of urea groups is 1. The minimum Gasteiger partial charge on any atom is -0.325 e. The van der Waals surface area contributed by atoms with E-state index in [0.717, 1.165) is 57.7 Å². The van der Waals surface area contributed by atoms with Crippen molar-refractivity contribution in [2.24, 2.45) is 5.92 Å². The molecular formula is C22H26ClN3O. The van der Waals surface area contributed by atoms with E-state index in [-0.39, 0.29) is 6.03 Å². The number of piperidine rings is 1. The number of nitrogens with zero attached hydrogens (tertiary/aromatic N) is 2. The Morgan fingerprint density at radius 2 is 1.70 bits per heavy atom. The quantitative estimate of drug-likeness (QED) is 0.837. The Hall–Kier alpha value is -2.04. The Labute approximate surface area is 166 Å². The monoisotopic (exact) mass is 383 g/mol. The normalized spacial score (nSPS) is 18.2. The van der Waals surface area contributed by atoms with Gasteiger partial charge in [-0.05, 0) is 60.6 Å². The highest BCUT2D eigenvalue weighted by Crippen LogP contribution is 2.24. The van der Waals surface area contributed by atoms with E-state index in [4.69, 9.17) is 11.6 Å². The second kappa shape index (κ2) is 8.32. The fourth-order valence-electron chi connectivity index (χ4n) is 4.13. The van der Waals surface area contributed by atoms with E-state index in [2.05, 4.69) is 34.5 Å². The van der Waals surface area contributed by atoms with Crippen LogP contribution in [0, 0.1) is 5.92 Å². The Morgan fingerprint density at radius 1 is 1.00 bits per heavy atom. The summed E-state index contributed by atoms with van der Waals surface area (Å²) < 4.78 is 0. The third-order valence-electron chi connectivity index (χ3n) is 5.72. The molecule has 4 rings (SSSR count). The third kappa shape index (κ3) is 4.63. The number of nitrogens with one attached hydrogen (secondary N) is 1. The molecule has 5 heteroatoms. The van der Waals surface area contributed by atoms with Crippen LogP contribution in [0.4, 0.5) is 10.5 Å². The Bertz CT molecular complexity index is 784. The number of anilines is 1. The van der Waals surface area contributed by atoms with Crippen LogP contribution in [-0.4, -0.2) is 42.0 Å². The number of hydrogen-bond donors (Lipinski definition) is 1. The Kier molecular flexibility index (Phi) is 5.65. The highest BCUT2D eigenvalue weighted by molar-refractivity contribution is 6.30. The van der Waals surface area contributed by atoms with Gasteiger partial charge in [-0.1, -0.05) is 35.9 Å². The highest BCUT2D eigenvalue weighted by Gasteiger charge is 2.25. The molecule has 2 aromatic carbocycles. The van der Waals surface area contributed by atoms with Crippen molar-refractivity contribution in [3.8, 4) is 0 Å². The molecule has 142 valence electrons. The molecule has 1 saturated heterocycles. The molecule has 27 heavy (non-hydrogen) atoms. The molecule has 0 atom stereocenters. The lowest BCUT2D eigenvalue weighted by Gasteiger charge is -2.36. The fourth-order valence-corrected chi connectivity index (χ4v) is 4.26. The van der Waals surface area contributed by atoms with Crippen LogP contribution in [0.5, 0.6) is 0 Å². The van der Waals surface area contributed by atoms with E-state index in [1.54, 1.807) is 12.1 Å². The summed E-state index contributed by atoms with van der Waals surface area (Å²) in [6, 6.07) is 16.0. The van der Waals surface area contributed by atoms with E-state index >= 15 is 0 Å². The second-order valence-corrected chi connectivity index (χ2v) is 8.06. The fraction of sp³-hybridized carbons (Fsp3) is 0.409. The van der Waals surface area contributed by atoms with Gasteiger partial charge in [-0.3, -0.25) is 4.90 Å². The van der Waals surface area contributed by atoms with Crippen LogP contribution >= 0.6 is 11.6 Å². The van der Waals surface area contributed by atoms with Crippen LogP contribution < -0.4 is 5.32 Å². The zero-order chi connectivity index (χ0) is 18.6. The number of halogens is 1. The van der Waals surface area contributed by atoms with Crippen molar-refractivity contribution in [1.82, 2.24) is 9.80 Å². The van der Waals surface area contributed by atoms with Gasteiger partial charge in [0.15, 0.2) is 0 Å². The topological polar surface area (TPSA) is 35.6 Å². The summed E-state index contributed by atoms with van der Waals surface area (Å²) in [5.74, 6) is 0.676. The number of likely N-dealkylation sites (tertiary alicyclic amines) is 1. The van der Waals surface area contributed by atoms with Crippen LogP contribution in [0.3, 0.4) is 0 Å². The van der Waals surface area contributed by atoms with Gasteiger partial charge in [0.2, 0.25) is 0 Å². The molecule has 0 bridgehead atoms. The van der Waals surface area contributed by atoms with Gasteiger partial charge in [0.05, 0.1) is 0 Å². The smallest absolute Gasteiger partial charge is 0.321 e. The summed E-state index contributed by atoms with van der Waals surface area (Å²) in [6.07, 6.45) is 3.30. The SMILES string of the molecule is O=C(Nc1ccc(Cl)cc1)N1CCC(CN2CCc3ccccc3C2)CC1. The van der Waals surface area contributed by atoms with Crippen LogP contribution in [-0.2, 0) is 13.0 Å². The van der Waals surface area contributed by atoms with Gasteiger partial charge in [0.1, 0.15) is 0 Å². The number of fused-ring (bicyclic) bond motifs is 1. The van der Waals surface area contributed by atoms with Gasteiger partial charge < -0.3 is 10.2 Å². The standard InChI is InChI=1S/C22H26ClN3O/c23-20-5-7-21(8-6-20)24-22(27)26-13-9-17(10-14-26)15-25-12-11-18-3-1-2-4-19(18)16-25/h1-8,17H,9-16H2,(H,24,27). The summed E-state index contributed by atoms with van der Waals surface area (Å²) >= 11 is 5.89. The summed E-state index contributed by atoms with van der Waals surface area (Å²) in [6.45, 7) is 5.01. The van der Waals surface area contributed by atoms with Crippen LogP contribution in [0.15, 0.2) is 48.5 Å². The first-order valence-electron chi connectivity index (χ1n) is 9.78. The largest absolute Gasteiger partial charge is 0.325 e. The summed E-state index contributed by atoms with van der Waals surface area (Å²) in [4.78, 5) is 17.0. The van der Waals surface area contributed by atoms with Crippen molar-refractivity contribution in [3.63, 3.8) is 0 Å². The maximum atomic E-state index is 12.5. The lowest BCUT2D eigenvalue weighted by Crippen LogP contribution is -2.44. The minimum atomic E-state index is -0.0114. The molecule has 1 N–H and O–H groups in total. The first kappa shape index (κ1) is 18.3. The lowest BCUT2D eigenvalue weighted by atomic mass is 9.94. The predicted octanol–water partition coefficient (Wildman–Crippen LogP) is 4.64. The summed E-state index contributed by atoms with van der Waals surface area (Å²) in [7, 11) is 0. The van der Waals surface area contributed by atoms with E-state index in [1.807, 2.05) is 17.0 Å². The highest BCUT2D eigenvalue weighted by atomic mass is 35.5. The Morgan fingerprint density at radius 3 is 2.44 bits per heavy atom. The molecule has 0 radical (unpaired) electrons. The van der Waals surface area contributed by atoms with E-state index in [0.29, 0.717) is 10.9 Å². The van der Waals surface area contributed by atoms with Crippen LogP contribution in [0.1, 0.15) is 24.0 Å². The molecule has 2 aliphatic heterocycles. The van der Waals surface area contributed by atoms with Gasteiger partial charge in [-0.2, -0.15) is 0 Å². The van der Waals surface area contributed by atoms with Crippen molar-refractivity contribution in [3.05, 3.63) is 64.7 Å². The van der Waals surface area contributed by atoms with Gasteiger partial charge in [0, 0.05) is 43.4 Å². The number of benzene rings is 2. The van der Waals surface area contributed by atoms with Crippen molar-refractivity contribution in [1.29, 1.82) is 0 Å². The molecule has 1 fully saturated rings. The molecule has 2 heterocycles. The molecule has 0 saturated carbocycles. The van der Waals surface area contributed by atoms with Gasteiger partial charge in [-0.25, -0.2) is 4.79 Å². The zero-order valence-corrected chi connectivity index (χ0v) is 16.3. The molecule has 0 aliphatic carbocycles. The van der Waals surface area contributed by atoms with Crippen molar-refractivity contribution >= 4 is 23.3 Å². The number of rotatable bonds is 3. The maximum absolute atomic E-state index is 12.5. The number of carbonyl (C=O) groups is 1. The van der Waals surface area contributed by atoms with E-state index < -0.39 is 0 Å². The molecule has 2 amide bonds. The molecule has 2 aliphatic rings. The average Bonchev–Trinajstić information content (AvgIpc) is 2.70. The first-order chi connectivity index (χ1) is 13.2. The summed E-state index contributed by atoms with van der Waals surface area (Å²) in [5, 5.41) is 3.64. The van der Waals surface area contributed by atoms with Crippen molar-refractivity contribution in [2.45, 2.75) is 25.8 Å². The van der Waals surface area contributed by atoms with E-state index in [1.165, 1.54) is 11.1 Å². The van der Waals surface area contributed by atoms with Gasteiger partial charge in [0.25, 0.3) is 0 Å². The van der Waals surface area contributed by atoms with Crippen molar-refractivity contribution in [2.75, 3.05) is 31.5 Å². The zero-order valence-electron chi connectivity index (χ0n) is 15.5. The molecule has 2 aromatic rings. The molecule has 0 aromatic heterocycles. The van der Waals surface area contributed by atoms with Crippen LogP contribution in [0.2, 0.25) is 5.02 Å². The second-order valence-electron chi connectivity index (χ2n) is 7.62. The molecule has 0 unspecified atom stereocenters. The molecular weight excluding hydrogens is 358 g/mol. The molecule has 0 spiro atoms. The third-order valence-corrected chi connectivity index (χ3v) is 5.98.